The van der Waals surface area contributed by atoms with Crippen LogP contribution >= 0.6 is 11.3 Å². The zero-order valence-electron chi connectivity index (χ0n) is 31.5. The van der Waals surface area contributed by atoms with Gasteiger partial charge in [0.05, 0.1) is 11.0 Å². The standard InChI is InChI=1S/C54H31N3OS/c1-2-13-32-27-45-42(25-31(32)12-1)43-28-44-49(59-48-24-22-30-11-3-4-14-34(30)50(44)48)29-46(43)57(45)53-51(55-52-40-19-9-10-20-47(40)58-54(52)56-53)33-21-23-39-37-17-6-5-15-35(37)36-16-7-8-18-38(36)41(39)26-33/h1-29,51,55H. The van der Waals surface area contributed by atoms with Crippen molar-refractivity contribution in [2.75, 3.05) is 5.32 Å². The molecule has 1 N–H and O–H groups in total. The molecule has 4 heterocycles. The maximum Gasteiger partial charge on any atom is 0.245 e. The number of anilines is 1. The Labute approximate surface area is 340 Å². The molecule has 5 heteroatoms. The van der Waals surface area contributed by atoms with Crippen LogP contribution < -0.4 is 5.32 Å². The van der Waals surface area contributed by atoms with Gasteiger partial charge in [0.25, 0.3) is 0 Å². The predicted molar refractivity (Wildman–Crippen MR) is 251 cm³/mol. The Hall–Kier alpha value is -7.47. The van der Waals surface area contributed by atoms with Gasteiger partial charge in [0.2, 0.25) is 5.88 Å². The second-order valence-corrected chi connectivity index (χ2v) is 17.0. The van der Waals surface area contributed by atoms with Gasteiger partial charge in [0.15, 0.2) is 0 Å². The molecule has 0 radical (unpaired) electrons. The van der Waals surface area contributed by atoms with E-state index in [0.29, 0.717) is 5.88 Å². The summed E-state index contributed by atoms with van der Waals surface area (Å²) in [5, 5.41) is 22.5. The number of hydrogen-bond donors (Lipinski definition) is 1. The van der Waals surface area contributed by atoms with Crippen LogP contribution in [0.15, 0.2) is 185 Å². The van der Waals surface area contributed by atoms with E-state index < -0.39 is 0 Å². The molecule has 0 spiro atoms. The Kier molecular flexibility index (Phi) is 6.19. The number of furan rings is 1. The summed E-state index contributed by atoms with van der Waals surface area (Å²) in [6, 6.07) is 64.1. The lowest BCUT2D eigenvalue weighted by atomic mass is 9.91. The minimum Gasteiger partial charge on any atom is -0.436 e. The SMILES string of the molecule is c1ccc2cc3c(cc2c1)c1cc2c(cc1n3C1=Nc3oc4ccccc4c3NC1c1ccc3c4ccccc4c4ccccc4c3c1)sc1ccc3ccccc3c12. The second kappa shape index (κ2) is 11.6. The van der Waals surface area contributed by atoms with E-state index in [9.17, 15) is 0 Å². The molecule has 10 aromatic carbocycles. The van der Waals surface area contributed by atoms with E-state index >= 15 is 0 Å². The third-order valence-electron chi connectivity index (χ3n) is 12.8. The van der Waals surface area contributed by atoms with Crippen LogP contribution in [0.4, 0.5) is 11.6 Å². The summed E-state index contributed by atoms with van der Waals surface area (Å²) < 4.78 is 11.5. The first kappa shape index (κ1) is 31.6. The molecule has 0 saturated heterocycles. The summed E-state index contributed by atoms with van der Waals surface area (Å²) in [4.78, 5) is 5.57. The highest BCUT2D eigenvalue weighted by molar-refractivity contribution is 7.26. The molecule has 274 valence electrons. The fourth-order valence-electron chi connectivity index (χ4n) is 10.1. The van der Waals surface area contributed by atoms with Gasteiger partial charge in [-0.2, -0.15) is 4.99 Å². The Balaban J connectivity index is 1.10. The van der Waals surface area contributed by atoms with Crippen molar-refractivity contribution in [1.82, 2.24) is 4.57 Å². The van der Waals surface area contributed by atoms with Gasteiger partial charge < -0.3 is 9.73 Å². The first-order chi connectivity index (χ1) is 29.2. The van der Waals surface area contributed by atoms with Crippen LogP contribution in [0, 0.1) is 0 Å². The number of rotatable bonds is 1. The van der Waals surface area contributed by atoms with Crippen molar-refractivity contribution in [3.8, 4) is 0 Å². The van der Waals surface area contributed by atoms with Crippen LogP contribution in [0.3, 0.4) is 0 Å². The van der Waals surface area contributed by atoms with E-state index in [1.165, 1.54) is 84.8 Å². The predicted octanol–water partition coefficient (Wildman–Crippen LogP) is 15.4. The van der Waals surface area contributed by atoms with Crippen molar-refractivity contribution >= 4 is 136 Å². The van der Waals surface area contributed by atoms with Crippen LogP contribution in [0.25, 0.3) is 107 Å². The molecule has 0 amide bonds. The largest absolute Gasteiger partial charge is 0.436 e. The summed E-state index contributed by atoms with van der Waals surface area (Å²) >= 11 is 1.86. The molecule has 3 aromatic heterocycles. The molecular weight excluding hydrogens is 739 g/mol. The normalized spacial score (nSPS) is 14.5. The van der Waals surface area contributed by atoms with Crippen LogP contribution in [0.5, 0.6) is 0 Å². The van der Waals surface area contributed by atoms with Crippen molar-refractivity contribution < 1.29 is 4.42 Å². The maximum absolute atomic E-state index is 6.56. The fourth-order valence-corrected chi connectivity index (χ4v) is 11.3. The third kappa shape index (κ3) is 4.34. The topological polar surface area (TPSA) is 42.5 Å². The average molecular weight is 770 g/mol. The van der Waals surface area contributed by atoms with Gasteiger partial charge in [-0.15, -0.1) is 11.3 Å². The Bertz CT molecular complexity index is 3980. The first-order valence-electron chi connectivity index (χ1n) is 20.1. The molecule has 0 saturated carbocycles. The fraction of sp³-hybridized carbons (Fsp3) is 0.0185. The number of hydrogen-bond acceptors (Lipinski definition) is 4. The lowest BCUT2D eigenvalue weighted by Gasteiger charge is -2.27. The molecule has 0 aliphatic carbocycles. The zero-order valence-corrected chi connectivity index (χ0v) is 32.3. The lowest BCUT2D eigenvalue weighted by molar-refractivity contribution is 0.622. The summed E-state index contributed by atoms with van der Waals surface area (Å²) in [5.74, 6) is 1.47. The molecular formula is C54H31N3OS. The quantitative estimate of drug-likeness (QED) is 0.169. The van der Waals surface area contributed by atoms with E-state index in [-0.39, 0.29) is 6.04 Å². The van der Waals surface area contributed by atoms with Gasteiger partial charge in [-0.1, -0.05) is 127 Å². The molecule has 1 atom stereocenters. The summed E-state index contributed by atoms with van der Waals surface area (Å²) in [7, 11) is 0. The summed E-state index contributed by atoms with van der Waals surface area (Å²) in [6.07, 6.45) is 0. The van der Waals surface area contributed by atoms with Gasteiger partial charge in [-0.3, -0.25) is 4.57 Å². The van der Waals surface area contributed by atoms with Crippen LogP contribution in [0.2, 0.25) is 0 Å². The maximum atomic E-state index is 6.56. The molecule has 4 nitrogen and oxygen atoms in total. The van der Waals surface area contributed by atoms with E-state index in [1.54, 1.807) is 0 Å². The zero-order chi connectivity index (χ0) is 38.3. The van der Waals surface area contributed by atoms with E-state index in [4.69, 9.17) is 9.41 Å². The number of fused-ring (bicyclic) bond motifs is 18. The van der Waals surface area contributed by atoms with E-state index in [0.717, 1.165) is 39.1 Å². The minimum absolute atomic E-state index is 0.301. The highest BCUT2D eigenvalue weighted by atomic mass is 32.1. The average Bonchev–Trinajstić information content (AvgIpc) is 3.95. The van der Waals surface area contributed by atoms with Crippen LogP contribution in [-0.4, -0.2) is 10.4 Å². The monoisotopic (exact) mass is 769 g/mol. The van der Waals surface area contributed by atoms with Crippen molar-refractivity contribution in [3.63, 3.8) is 0 Å². The van der Waals surface area contributed by atoms with Crippen molar-refractivity contribution in [1.29, 1.82) is 0 Å². The van der Waals surface area contributed by atoms with Crippen molar-refractivity contribution in [3.05, 3.63) is 181 Å². The lowest BCUT2D eigenvalue weighted by Crippen LogP contribution is -2.29. The molecule has 1 aliphatic heterocycles. The van der Waals surface area contributed by atoms with Gasteiger partial charge in [-0.05, 0) is 108 Å². The molecule has 14 rings (SSSR count). The molecule has 1 aliphatic rings. The smallest absolute Gasteiger partial charge is 0.245 e. The van der Waals surface area contributed by atoms with Crippen LogP contribution in [0.1, 0.15) is 11.6 Å². The van der Waals surface area contributed by atoms with E-state index in [1.807, 2.05) is 23.5 Å². The van der Waals surface area contributed by atoms with Crippen LogP contribution in [-0.2, 0) is 0 Å². The molecule has 0 bridgehead atoms. The highest BCUT2D eigenvalue weighted by Crippen LogP contribution is 2.48. The number of nitrogens with zero attached hydrogens (tertiary/aromatic N) is 2. The third-order valence-corrected chi connectivity index (χ3v) is 13.9. The minimum atomic E-state index is -0.301. The van der Waals surface area contributed by atoms with Crippen molar-refractivity contribution in [2.45, 2.75) is 6.04 Å². The number of para-hydroxylation sites is 1. The Morgan fingerprint density at radius 1 is 0.458 bits per heavy atom. The molecule has 13 aromatic rings. The highest BCUT2D eigenvalue weighted by Gasteiger charge is 2.32. The Morgan fingerprint density at radius 2 is 1.07 bits per heavy atom. The first-order valence-corrected chi connectivity index (χ1v) is 21.0. The van der Waals surface area contributed by atoms with Gasteiger partial charge in [0, 0.05) is 36.3 Å². The molecule has 1 unspecified atom stereocenters. The summed E-state index contributed by atoms with van der Waals surface area (Å²) in [5.41, 5.74) is 5.12. The van der Waals surface area contributed by atoms with Gasteiger partial charge in [-0.25, -0.2) is 0 Å². The van der Waals surface area contributed by atoms with Gasteiger partial charge in [0.1, 0.15) is 23.1 Å². The number of thiophene rings is 1. The van der Waals surface area contributed by atoms with Gasteiger partial charge >= 0.3 is 0 Å². The van der Waals surface area contributed by atoms with Crippen molar-refractivity contribution in [2.24, 2.45) is 4.99 Å². The summed E-state index contributed by atoms with van der Waals surface area (Å²) in [6.45, 7) is 0. The molecule has 0 fully saturated rings. The van der Waals surface area contributed by atoms with E-state index in [2.05, 4.69) is 174 Å². The number of aliphatic imine (C=N–C) groups is 1. The molecule has 59 heavy (non-hydrogen) atoms. The number of aromatic nitrogens is 1. The second-order valence-electron chi connectivity index (χ2n) is 15.9. The number of nitrogens with one attached hydrogen (secondary N) is 1. The Morgan fingerprint density at radius 3 is 1.85 bits per heavy atom. The number of benzene rings is 10.